The summed E-state index contributed by atoms with van der Waals surface area (Å²) in [5.74, 6) is 0.133. The van der Waals surface area contributed by atoms with Crippen LogP contribution in [0, 0.1) is 0 Å². The SMILES string of the molecule is CN(CCNC(=O)[C@@H]1CCCN1)c1ccccc1.Cl.Cl. The van der Waals surface area contributed by atoms with E-state index >= 15 is 0 Å². The molecule has 0 radical (unpaired) electrons. The second-order valence-electron chi connectivity index (χ2n) is 4.70. The average molecular weight is 320 g/mol. The molecule has 1 aliphatic heterocycles. The molecule has 1 atom stereocenters. The molecule has 0 spiro atoms. The molecule has 1 heterocycles. The minimum absolute atomic E-state index is 0. The van der Waals surface area contributed by atoms with Crippen LogP contribution in [0.2, 0.25) is 0 Å². The number of nitrogens with one attached hydrogen (secondary N) is 2. The molecule has 0 unspecified atom stereocenters. The van der Waals surface area contributed by atoms with Gasteiger partial charge < -0.3 is 15.5 Å². The summed E-state index contributed by atoms with van der Waals surface area (Å²) in [6.45, 7) is 2.47. The zero-order valence-corrected chi connectivity index (χ0v) is 13.3. The quantitative estimate of drug-likeness (QED) is 0.870. The molecule has 1 aromatic carbocycles. The summed E-state index contributed by atoms with van der Waals surface area (Å²) in [6, 6.07) is 10.2. The Morgan fingerprint density at radius 2 is 2.05 bits per heavy atom. The largest absolute Gasteiger partial charge is 0.373 e. The number of hydrogen-bond acceptors (Lipinski definition) is 3. The number of rotatable bonds is 5. The molecule has 2 N–H and O–H groups in total. The summed E-state index contributed by atoms with van der Waals surface area (Å²) in [4.78, 5) is 13.9. The van der Waals surface area contributed by atoms with Gasteiger partial charge in [0.1, 0.15) is 0 Å². The number of likely N-dealkylation sites (N-methyl/N-ethyl adjacent to an activating group) is 1. The molecule has 1 amide bonds. The molecule has 0 aromatic heterocycles. The molecule has 1 aliphatic rings. The van der Waals surface area contributed by atoms with E-state index in [0.29, 0.717) is 6.54 Å². The highest BCUT2D eigenvalue weighted by Crippen LogP contribution is 2.09. The van der Waals surface area contributed by atoms with Gasteiger partial charge in [0, 0.05) is 25.8 Å². The van der Waals surface area contributed by atoms with Crippen LogP contribution in [0.3, 0.4) is 0 Å². The van der Waals surface area contributed by atoms with Crippen LogP contribution in [0.4, 0.5) is 5.69 Å². The molecule has 1 saturated heterocycles. The maximum Gasteiger partial charge on any atom is 0.237 e. The van der Waals surface area contributed by atoms with Gasteiger partial charge in [-0.1, -0.05) is 18.2 Å². The molecule has 1 aromatic rings. The standard InChI is InChI=1S/C14H21N3O.2ClH/c1-17(12-6-3-2-4-7-12)11-10-16-14(18)13-8-5-9-15-13;;/h2-4,6-7,13,15H,5,8-11H2,1H3,(H,16,18);2*1H/t13-;;/m0../s1. The van der Waals surface area contributed by atoms with Gasteiger partial charge in [-0.05, 0) is 31.5 Å². The van der Waals surface area contributed by atoms with Crippen molar-refractivity contribution in [3.63, 3.8) is 0 Å². The van der Waals surface area contributed by atoms with Gasteiger partial charge in [-0.2, -0.15) is 0 Å². The van der Waals surface area contributed by atoms with E-state index in [2.05, 4.69) is 27.7 Å². The predicted octanol–water partition coefficient (Wildman–Crippen LogP) is 1.83. The highest BCUT2D eigenvalue weighted by molar-refractivity contribution is 5.85. The van der Waals surface area contributed by atoms with Gasteiger partial charge in [0.05, 0.1) is 6.04 Å². The third-order valence-electron chi connectivity index (χ3n) is 3.32. The summed E-state index contributed by atoms with van der Waals surface area (Å²) < 4.78 is 0. The van der Waals surface area contributed by atoms with E-state index < -0.39 is 0 Å². The summed E-state index contributed by atoms with van der Waals surface area (Å²) in [6.07, 6.45) is 2.06. The normalized spacial score (nSPS) is 16.8. The number of carbonyl (C=O) groups excluding carboxylic acids is 1. The Morgan fingerprint density at radius 1 is 1.35 bits per heavy atom. The summed E-state index contributed by atoms with van der Waals surface area (Å²) in [5, 5.41) is 6.18. The van der Waals surface area contributed by atoms with Crippen molar-refractivity contribution in [1.82, 2.24) is 10.6 Å². The maximum atomic E-state index is 11.8. The van der Waals surface area contributed by atoms with Crippen LogP contribution in [0.1, 0.15) is 12.8 Å². The number of benzene rings is 1. The number of hydrogen-bond donors (Lipinski definition) is 2. The van der Waals surface area contributed by atoms with Crippen LogP contribution in [-0.2, 0) is 4.79 Å². The van der Waals surface area contributed by atoms with E-state index in [0.717, 1.165) is 25.9 Å². The van der Waals surface area contributed by atoms with E-state index in [1.165, 1.54) is 5.69 Å². The van der Waals surface area contributed by atoms with Crippen LogP contribution >= 0.6 is 24.8 Å². The Kier molecular flexibility index (Phi) is 9.38. The Hall–Kier alpha value is -0.970. The van der Waals surface area contributed by atoms with E-state index in [4.69, 9.17) is 0 Å². The van der Waals surface area contributed by atoms with E-state index in [9.17, 15) is 4.79 Å². The second kappa shape index (κ2) is 9.86. The molecule has 20 heavy (non-hydrogen) atoms. The minimum atomic E-state index is 0. The molecule has 114 valence electrons. The zero-order chi connectivity index (χ0) is 12.8. The lowest BCUT2D eigenvalue weighted by Crippen LogP contribution is -2.43. The molecule has 6 heteroatoms. The van der Waals surface area contributed by atoms with Crippen molar-refractivity contribution in [3.05, 3.63) is 30.3 Å². The smallest absolute Gasteiger partial charge is 0.237 e. The van der Waals surface area contributed by atoms with Crippen molar-refractivity contribution in [2.75, 3.05) is 31.6 Å². The molecule has 0 bridgehead atoms. The van der Waals surface area contributed by atoms with E-state index in [1.54, 1.807) is 0 Å². The number of para-hydroxylation sites is 1. The topological polar surface area (TPSA) is 44.4 Å². The predicted molar refractivity (Wildman–Crippen MR) is 88.2 cm³/mol. The van der Waals surface area contributed by atoms with Crippen molar-refractivity contribution >= 4 is 36.4 Å². The molecule has 4 nitrogen and oxygen atoms in total. The molecule has 0 saturated carbocycles. The molecular weight excluding hydrogens is 297 g/mol. The lowest BCUT2D eigenvalue weighted by atomic mass is 10.2. The van der Waals surface area contributed by atoms with Crippen LogP contribution < -0.4 is 15.5 Å². The van der Waals surface area contributed by atoms with Gasteiger partial charge >= 0.3 is 0 Å². The molecule has 2 rings (SSSR count). The van der Waals surface area contributed by atoms with Crippen molar-refractivity contribution in [2.24, 2.45) is 0 Å². The Bertz CT molecular complexity index is 383. The average Bonchev–Trinajstić information content (AvgIpc) is 2.93. The fraction of sp³-hybridized carbons (Fsp3) is 0.500. The lowest BCUT2D eigenvalue weighted by molar-refractivity contribution is -0.122. The summed E-state index contributed by atoms with van der Waals surface area (Å²) >= 11 is 0. The fourth-order valence-corrected chi connectivity index (χ4v) is 2.19. The van der Waals surface area contributed by atoms with Crippen LogP contribution in [-0.4, -0.2) is 38.6 Å². The number of halogens is 2. The van der Waals surface area contributed by atoms with Crippen LogP contribution in [0.15, 0.2) is 30.3 Å². The van der Waals surface area contributed by atoms with Gasteiger partial charge in [0.2, 0.25) is 5.91 Å². The van der Waals surface area contributed by atoms with Gasteiger partial charge in [-0.25, -0.2) is 0 Å². The highest BCUT2D eigenvalue weighted by atomic mass is 35.5. The maximum absolute atomic E-state index is 11.8. The first kappa shape index (κ1) is 19.0. The van der Waals surface area contributed by atoms with Gasteiger partial charge in [-0.3, -0.25) is 4.79 Å². The van der Waals surface area contributed by atoms with E-state index in [-0.39, 0.29) is 36.8 Å². The third kappa shape index (κ3) is 5.57. The highest BCUT2D eigenvalue weighted by Gasteiger charge is 2.21. The number of amides is 1. The van der Waals surface area contributed by atoms with Crippen molar-refractivity contribution < 1.29 is 4.79 Å². The Balaban J connectivity index is 0.00000180. The van der Waals surface area contributed by atoms with Crippen LogP contribution in [0.25, 0.3) is 0 Å². The van der Waals surface area contributed by atoms with Crippen LogP contribution in [0.5, 0.6) is 0 Å². The zero-order valence-electron chi connectivity index (χ0n) is 11.7. The van der Waals surface area contributed by atoms with Gasteiger partial charge in [0.15, 0.2) is 0 Å². The van der Waals surface area contributed by atoms with Gasteiger partial charge in [0.25, 0.3) is 0 Å². The second-order valence-corrected chi connectivity index (χ2v) is 4.70. The lowest BCUT2D eigenvalue weighted by Gasteiger charge is -2.20. The first-order chi connectivity index (χ1) is 8.77. The number of nitrogens with zero attached hydrogens (tertiary/aromatic N) is 1. The van der Waals surface area contributed by atoms with Gasteiger partial charge in [-0.15, -0.1) is 24.8 Å². The van der Waals surface area contributed by atoms with Crippen molar-refractivity contribution in [2.45, 2.75) is 18.9 Å². The Morgan fingerprint density at radius 3 is 2.65 bits per heavy atom. The first-order valence-electron chi connectivity index (χ1n) is 6.54. The fourth-order valence-electron chi connectivity index (χ4n) is 2.19. The van der Waals surface area contributed by atoms with Crippen molar-refractivity contribution in [1.29, 1.82) is 0 Å². The van der Waals surface area contributed by atoms with Crippen molar-refractivity contribution in [3.8, 4) is 0 Å². The Labute approximate surface area is 133 Å². The number of carbonyl (C=O) groups is 1. The monoisotopic (exact) mass is 319 g/mol. The van der Waals surface area contributed by atoms with E-state index in [1.807, 2.05) is 25.2 Å². The molecule has 0 aliphatic carbocycles. The number of anilines is 1. The minimum Gasteiger partial charge on any atom is -0.373 e. The summed E-state index contributed by atoms with van der Waals surface area (Å²) in [5.41, 5.74) is 1.17. The third-order valence-corrected chi connectivity index (χ3v) is 3.32. The molecule has 1 fully saturated rings. The summed E-state index contributed by atoms with van der Waals surface area (Å²) in [7, 11) is 2.04. The first-order valence-corrected chi connectivity index (χ1v) is 6.54. The molecular formula is C14H23Cl2N3O.